The number of halogens is 2. The summed E-state index contributed by atoms with van der Waals surface area (Å²) in [7, 11) is 0. The summed E-state index contributed by atoms with van der Waals surface area (Å²) in [5, 5.41) is 2.48. The first-order valence-electron chi connectivity index (χ1n) is 7.59. The average Bonchev–Trinajstić information content (AvgIpc) is 2.92. The molecular formula is C18H18I2N4. The van der Waals surface area contributed by atoms with E-state index in [0.717, 1.165) is 17.8 Å². The third-order valence-electron chi connectivity index (χ3n) is 4.09. The van der Waals surface area contributed by atoms with Crippen molar-refractivity contribution < 1.29 is 0 Å². The highest BCUT2D eigenvalue weighted by Gasteiger charge is 2.11. The lowest BCUT2D eigenvalue weighted by molar-refractivity contribution is 0.827. The van der Waals surface area contributed by atoms with Gasteiger partial charge in [-0.1, -0.05) is 24.3 Å². The lowest BCUT2D eigenvalue weighted by Gasteiger charge is -2.10. The van der Waals surface area contributed by atoms with Crippen LogP contribution in [0.3, 0.4) is 0 Å². The minimum Gasteiger partial charge on any atom is -0.403 e. The molecule has 0 saturated heterocycles. The number of rotatable bonds is 4. The van der Waals surface area contributed by atoms with Crippen molar-refractivity contribution in [2.75, 3.05) is 0 Å². The van der Waals surface area contributed by atoms with E-state index in [1.165, 1.54) is 21.8 Å². The average molecular weight is 544 g/mol. The molecule has 4 N–H and O–H groups in total. The number of nitrogens with zero attached hydrogens (tertiary/aromatic N) is 2. The second-order valence-electron chi connectivity index (χ2n) is 5.42. The standard InChI is InChI=1S/C18H18I2N4/c1-2-23-17-6-4-3-5-14(17)15-9-12(7-8-18(15)23)16(22)10-13(11-21)24(19)20/h3-11H,2,21-22H2,1H3/b13-11+,16-10-. The van der Waals surface area contributed by atoms with Crippen molar-refractivity contribution >= 4 is 73.2 Å². The van der Waals surface area contributed by atoms with Gasteiger partial charge in [0.15, 0.2) is 0 Å². The summed E-state index contributed by atoms with van der Waals surface area (Å²) in [5.41, 5.74) is 17.0. The largest absolute Gasteiger partial charge is 0.403 e. The van der Waals surface area contributed by atoms with Gasteiger partial charge in [0.1, 0.15) is 0 Å². The number of hydrogen-bond donors (Lipinski definition) is 2. The predicted molar refractivity (Wildman–Crippen MR) is 119 cm³/mol. The molecule has 0 saturated carbocycles. The summed E-state index contributed by atoms with van der Waals surface area (Å²) in [5.74, 6) is 0. The number of aryl methyl sites for hydroxylation is 1. The number of aromatic nitrogens is 1. The van der Waals surface area contributed by atoms with Crippen molar-refractivity contribution in [2.45, 2.75) is 13.5 Å². The van der Waals surface area contributed by atoms with Gasteiger partial charge in [-0.2, -0.15) is 0 Å². The van der Waals surface area contributed by atoms with Crippen LogP contribution in [0.15, 0.2) is 60.4 Å². The Hall–Kier alpha value is -1.42. The molecule has 0 spiro atoms. The van der Waals surface area contributed by atoms with Gasteiger partial charge in [-0.05, 0) is 36.8 Å². The Kier molecular flexibility index (Phi) is 5.24. The Labute approximate surface area is 169 Å². The molecule has 1 heterocycles. The molecule has 4 nitrogen and oxygen atoms in total. The highest BCUT2D eigenvalue weighted by atomic mass is 127. The molecule has 0 aliphatic heterocycles. The summed E-state index contributed by atoms with van der Waals surface area (Å²) in [4.78, 5) is 0. The fraction of sp³-hybridized carbons (Fsp3) is 0.111. The van der Waals surface area contributed by atoms with E-state index in [1.54, 1.807) is 6.20 Å². The smallest absolute Gasteiger partial charge is 0.0739 e. The SMILES string of the molecule is CCn1c2ccccc2c2cc(/C(N)=C/C(=C\N)N(I)I)ccc21. The van der Waals surface area contributed by atoms with Gasteiger partial charge in [-0.25, -0.2) is 0 Å². The van der Waals surface area contributed by atoms with E-state index < -0.39 is 0 Å². The zero-order chi connectivity index (χ0) is 17.3. The number of allylic oxidation sites excluding steroid dienone is 1. The maximum Gasteiger partial charge on any atom is 0.0739 e. The van der Waals surface area contributed by atoms with E-state index in [1.807, 2.05) is 7.40 Å². The van der Waals surface area contributed by atoms with E-state index in [-0.39, 0.29) is 0 Å². The van der Waals surface area contributed by atoms with Crippen LogP contribution in [0.25, 0.3) is 27.5 Å². The molecule has 1 aromatic heterocycles. The molecule has 24 heavy (non-hydrogen) atoms. The Morgan fingerprint density at radius 1 is 1.12 bits per heavy atom. The molecule has 6 heteroatoms. The summed E-state index contributed by atoms with van der Waals surface area (Å²) in [6, 6.07) is 14.9. The van der Waals surface area contributed by atoms with Gasteiger partial charge in [0.25, 0.3) is 0 Å². The summed E-state index contributed by atoms with van der Waals surface area (Å²) < 4.78 is 4.21. The first kappa shape index (κ1) is 17.4. The van der Waals surface area contributed by atoms with E-state index >= 15 is 0 Å². The molecule has 3 rings (SSSR count). The van der Waals surface area contributed by atoms with Crippen molar-refractivity contribution in [3.05, 3.63) is 66.0 Å². The second kappa shape index (κ2) is 7.22. The molecule has 3 aromatic rings. The highest BCUT2D eigenvalue weighted by Crippen LogP contribution is 2.31. The molecule has 0 aliphatic carbocycles. The summed E-state index contributed by atoms with van der Waals surface area (Å²) in [6.45, 7) is 3.11. The number of nitrogens with two attached hydrogens (primary N) is 2. The summed E-state index contributed by atoms with van der Waals surface area (Å²) in [6.07, 6.45) is 3.44. The highest BCUT2D eigenvalue weighted by molar-refractivity contribution is 14.2. The molecule has 0 amide bonds. The molecule has 0 unspecified atom stereocenters. The molecule has 0 fully saturated rings. The van der Waals surface area contributed by atoms with Crippen LogP contribution in [0.1, 0.15) is 12.5 Å². The minimum atomic E-state index is 0.695. The zero-order valence-corrected chi connectivity index (χ0v) is 17.5. The second-order valence-corrected chi connectivity index (χ2v) is 9.19. The van der Waals surface area contributed by atoms with Crippen LogP contribution in [0, 0.1) is 0 Å². The van der Waals surface area contributed by atoms with Crippen LogP contribution in [0.4, 0.5) is 0 Å². The van der Waals surface area contributed by atoms with E-state index in [9.17, 15) is 0 Å². The first-order valence-corrected chi connectivity index (χ1v) is 9.52. The molecular weight excluding hydrogens is 526 g/mol. The van der Waals surface area contributed by atoms with E-state index in [0.29, 0.717) is 5.70 Å². The Morgan fingerprint density at radius 3 is 2.50 bits per heavy atom. The van der Waals surface area contributed by atoms with Crippen molar-refractivity contribution in [3.8, 4) is 0 Å². The zero-order valence-electron chi connectivity index (χ0n) is 13.2. The molecule has 124 valence electrons. The van der Waals surface area contributed by atoms with Gasteiger partial charge in [0.05, 0.1) is 51.4 Å². The maximum atomic E-state index is 6.31. The minimum absolute atomic E-state index is 0.695. The quantitative estimate of drug-likeness (QED) is 0.279. The monoisotopic (exact) mass is 544 g/mol. The van der Waals surface area contributed by atoms with Gasteiger partial charge in [0, 0.05) is 40.2 Å². The van der Waals surface area contributed by atoms with Crippen LogP contribution in [0.2, 0.25) is 0 Å². The van der Waals surface area contributed by atoms with Crippen LogP contribution < -0.4 is 11.5 Å². The predicted octanol–water partition coefficient (Wildman–Crippen LogP) is 4.92. The van der Waals surface area contributed by atoms with Crippen LogP contribution >= 0.6 is 45.7 Å². The van der Waals surface area contributed by atoms with Gasteiger partial charge in [-0.15, -0.1) is 0 Å². The number of para-hydroxylation sites is 1. The van der Waals surface area contributed by atoms with Crippen molar-refractivity contribution in [1.82, 2.24) is 5.89 Å². The maximum absolute atomic E-state index is 6.31. The van der Waals surface area contributed by atoms with E-state index in [4.69, 9.17) is 11.5 Å². The van der Waals surface area contributed by atoms with Crippen LogP contribution in [-0.2, 0) is 6.54 Å². The number of fused-ring (bicyclic) bond motifs is 3. The Bertz CT molecular complexity index is 954. The van der Waals surface area contributed by atoms with Gasteiger partial charge >= 0.3 is 0 Å². The van der Waals surface area contributed by atoms with Gasteiger partial charge in [0.2, 0.25) is 0 Å². The topological polar surface area (TPSA) is 60.2 Å². The van der Waals surface area contributed by atoms with Gasteiger partial charge < -0.3 is 16.0 Å². The Balaban J connectivity index is 2.19. The lowest BCUT2D eigenvalue weighted by atomic mass is 10.1. The third kappa shape index (κ3) is 3.08. The number of benzene rings is 2. The normalized spacial score (nSPS) is 13.0. The number of hydrogen-bond acceptors (Lipinski definition) is 3. The first-order chi connectivity index (χ1) is 11.6. The van der Waals surface area contributed by atoms with Crippen LogP contribution in [0.5, 0.6) is 0 Å². The van der Waals surface area contributed by atoms with Crippen molar-refractivity contribution in [2.24, 2.45) is 11.5 Å². The fourth-order valence-corrected chi connectivity index (χ4v) is 3.57. The van der Waals surface area contributed by atoms with Crippen LogP contribution in [-0.4, -0.2) is 5.89 Å². The molecule has 0 atom stereocenters. The van der Waals surface area contributed by atoms with Crippen molar-refractivity contribution in [1.29, 1.82) is 0 Å². The van der Waals surface area contributed by atoms with Crippen molar-refractivity contribution in [3.63, 3.8) is 0 Å². The Morgan fingerprint density at radius 2 is 1.83 bits per heavy atom. The van der Waals surface area contributed by atoms with Gasteiger partial charge in [-0.3, -0.25) is 1.33 Å². The fourth-order valence-electron chi connectivity index (χ4n) is 2.97. The molecule has 2 aromatic carbocycles. The third-order valence-corrected chi connectivity index (χ3v) is 5.21. The lowest BCUT2D eigenvalue weighted by Crippen LogP contribution is -2.02. The molecule has 0 bridgehead atoms. The van der Waals surface area contributed by atoms with E-state index in [2.05, 4.69) is 99.7 Å². The molecule has 0 aliphatic rings. The molecule has 0 radical (unpaired) electrons. The summed E-state index contributed by atoms with van der Waals surface area (Å²) >= 11 is 4.32.